The van der Waals surface area contributed by atoms with E-state index in [1.807, 2.05) is 6.08 Å². The maximum Gasteiger partial charge on any atom is 0.311 e. The molecule has 1 aliphatic rings. The molecule has 1 N–H and O–H groups in total. The Kier molecular flexibility index (Phi) is 5.53. The Bertz CT molecular complexity index is 237. The number of hydrogen-bond donors (Lipinski definition) is 1. The fourth-order valence-corrected chi connectivity index (χ4v) is 2.42. The lowest BCUT2D eigenvalue weighted by atomic mass is 9.77. The Hall–Kier alpha value is -0.830. The van der Waals surface area contributed by atoms with E-state index >= 15 is 0 Å². The topological polar surface area (TPSA) is 46.5 Å². The van der Waals surface area contributed by atoms with Crippen LogP contribution >= 0.6 is 0 Å². The van der Waals surface area contributed by atoms with Crippen molar-refractivity contribution in [2.45, 2.75) is 45.1 Å². The van der Waals surface area contributed by atoms with E-state index in [9.17, 15) is 9.90 Å². The summed E-state index contributed by atoms with van der Waals surface area (Å²) >= 11 is 0. The zero-order chi connectivity index (χ0) is 12.0. The number of hydrogen-bond acceptors (Lipinski definition) is 3. The van der Waals surface area contributed by atoms with E-state index < -0.39 is 6.10 Å². The Morgan fingerprint density at radius 3 is 2.94 bits per heavy atom. The van der Waals surface area contributed by atoms with E-state index in [1.165, 1.54) is 0 Å². The van der Waals surface area contributed by atoms with Crippen molar-refractivity contribution in [3.63, 3.8) is 0 Å². The molecule has 1 aliphatic carbocycles. The molecular weight excluding hydrogens is 204 g/mol. The zero-order valence-corrected chi connectivity index (χ0v) is 10.0. The highest BCUT2D eigenvalue weighted by Crippen LogP contribution is 2.33. The van der Waals surface area contributed by atoms with Crippen LogP contribution in [0, 0.1) is 11.8 Å². The number of ether oxygens (including phenoxy) is 1. The maximum atomic E-state index is 11.6. The molecule has 0 aromatic carbocycles. The minimum absolute atomic E-state index is 0.223. The average molecular weight is 226 g/mol. The number of carbonyl (C=O) groups is 1. The van der Waals surface area contributed by atoms with Crippen LogP contribution < -0.4 is 0 Å². The predicted molar refractivity (Wildman–Crippen MR) is 62.9 cm³/mol. The summed E-state index contributed by atoms with van der Waals surface area (Å²) in [5.41, 5.74) is 0. The fraction of sp³-hybridized carbons (Fsp3) is 0.769. The predicted octanol–water partition coefficient (Wildman–Crippen LogP) is 2.29. The molecule has 0 heterocycles. The van der Waals surface area contributed by atoms with Crippen LogP contribution in [0.5, 0.6) is 0 Å². The van der Waals surface area contributed by atoms with E-state index in [4.69, 9.17) is 4.74 Å². The Balaban J connectivity index is 2.52. The van der Waals surface area contributed by atoms with E-state index in [2.05, 4.69) is 6.58 Å². The maximum absolute atomic E-state index is 11.6. The number of aliphatic hydroxyl groups excluding tert-OH is 1. The van der Waals surface area contributed by atoms with E-state index in [0.717, 1.165) is 32.1 Å². The van der Waals surface area contributed by atoms with Gasteiger partial charge in [-0.05, 0) is 38.5 Å². The van der Waals surface area contributed by atoms with Crippen LogP contribution in [0.25, 0.3) is 0 Å². The lowest BCUT2D eigenvalue weighted by molar-refractivity contribution is -0.155. The van der Waals surface area contributed by atoms with Gasteiger partial charge in [-0.3, -0.25) is 4.79 Å². The van der Waals surface area contributed by atoms with Gasteiger partial charge in [0.15, 0.2) is 0 Å². The number of carbonyl (C=O) groups excluding carboxylic acids is 1. The third-order valence-corrected chi connectivity index (χ3v) is 3.32. The van der Waals surface area contributed by atoms with Crippen LogP contribution in [0.1, 0.15) is 39.0 Å². The molecule has 1 rings (SSSR count). The van der Waals surface area contributed by atoms with Crippen LogP contribution in [0.2, 0.25) is 0 Å². The molecular formula is C13H22O3. The molecule has 1 saturated carbocycles. The third-order valence-electron chi connectivity index (χ3n) is 3.32. The summed E-state index contributed by atoms with van der Waals surface area (Å²) in [6.45, 7) is 5.86. The van der Waals surface area contributed by atoms with Gasteiger partial charge in [-0.1, -0.05) is 12.5 Å². The summed E-state index contributed by atoms with van der Waals surface area (Å²) in [6.07, 6.45) is 5.91. The first-order chi connectivity index (χ1) is 7.70. The van der Waals surface area contributed by atoms with E-state index in [-0.39, 0.29) is 17.8 Å². The molecule has 3 heteroatoms. The van der Waals surface area contributed by atoms with E-state index in [1.54, 1.807) is 6.92 Å². The van der Waals surface area contributed by atoms with Gasteiger partial charge in [-0.25, -0.2) is 0 Å². The summed E-state index contributed by atoms with van der Waals surface area (Å²) in [7, 11) is 0. The highest BCUT2D eigenvalue weighted by molar-refractivity contribution is 5.73. The van der Waals surface area contributed by atoms with Crippen molar-refractivity contribution in [2.24, 2.45) is 11.8 Å². The fourth-order valence-electron chi connectivity index (χ4n) is 2.42. The first kappa shape index (κ1) is 13.2. The first-order valence-electron chi connectivity index (χ1n) is 6.16. The monoisotopic (exact) mass is 226 g/mol. The third kappa shape index (κ3) is 3.34. The Morgan fingerprint density at radius 2 is 2.31 bits per heavy atom. The Labute approximate surface area is 97.5 Å². The molecule has 1 fully saturated rings. The molecule has 0 spiro atoms. The summed E-state index contributed by atoms with van der Waals surface area (Å²) in [4.78, 5) is 11.6. The average Bonchev–Trinajstić information content (AvgIpc) is 2.28. The van der Waals surface area contributed by atoms with Gasteiger partial charge >= 0.3 is 5.97 Å². The molecule has 92 valence electrons. The second kappa shape index (κ2) is 6.69. The molecule has 0 saturated heterocycles. The van der Waals surface area contributed by atoms with Crippen molar-refractivity contribution >= 4 is 5.97 Å². The van der Waals surface area contributed by atoms with Gasteiger partial charge in [-0.15, -0.1) is 6.58 Å². The highest BCUT2D eigenvalue weighted by atomic mass is 16.5. The number of allylic oxidation sites excluding steroid dienone is 1. The zero-order valence-electron chi connectivity index (χ0n) is 10.0. The van der Waals surface area contributed by atoms with Gasteiger partial charge in [0.2, 0.25) is 0 Å². The van der Waals surface area contributed by atoms with Gasteiger partial charge < -0.3 is 9.84 Å². The van der Waals surface area contributed by atoms with Crippen molar-refractivity contribution in [1.29, 1.82) is 0 Å². The van der Waals surface area contributed by atoms with Gasteiger partial charge in [0, 0.05) is 0 Å². The summed E-state index contributed by atoms with van der Waals surface area (Å²) < 4.78 is 4.99. The Morgan fingerprint density at radius 1 is 1.56 bits per heavy atom. The van der Waals surface area contributed by atoms with Crippen molar-refractivity contribution < 1.29 is 14.6 Å². The standard InChI is InChI=1S/C13H22O3/c1-3-5-7-10-8-6-9-11(12(10)14)13(15)16-4-2/h3,10-12,14H,1,4-9H2,2H3/t10-,11+,12?/m0/s1. The van der Waals surface area contributed by atoms with Crippen molar-refractivity contribution in [3.05, 3.63) is 12.7 Å². The molecule has 0 bridgehead atoms. The molecule has 1 unspecified atom stereocenters. The number of esters is 1. The lowest BCUT2D eigenvalue weighted by Gasteiger charge is -2.33. The summed E-state index contributed by atoms with van der Waals surface area (Å²) in [6, 6.07) is 0. The first-order valence-corrected chi connectivity index (χ1v) is 6.16. The second-order valence-electron chi connectivity index (χ2n) is 4.41. The largest absolute Gasteiger partial charge is 0.466 e. The van der Waals surface area contributed by atoms with Crippen molar-refractivity contribution in [3.8, 4) is 0 Å². The van der Waals surface area contributed by atoms with Crippen LogP contribution in [0.3, 0.4) is 0 Å². The molecule has 0 radical (unpaired) electrons. The SMILES string of the molecule is C=CCC[C@H]1CCC[C@@H](C(=O)OCC)C1O. The van der Waals surface area contributed by atoms with E-state index in [0.29, 0.717) is 6.61 Å². The minimum Gasteiger partial charge on any atom is -0.466 e. The summed E-state index contributed by atoms with van der Waals surface area (Å²) in [5.74, 6) is -0.331. The van der Waals surface area contributed by atoms with Crippen LogP contribution in [0.4, 0.5) is 0 Å². The quantitative estimate of drug-likeness (QED) is 0.578. The van der Waals surface area contributed by atoms with Crippen molar-refractivity contribution in [1.82, 2.24) is 0 Å². The van der Waals surface area contributed by atoms with Crippen molar-refractivity contribution in [2.75, 3.05) is 6.61 Å². The van der Waals surface area contributed by atoms with Crippen LogP contribution in [-0.2, 0) is 9.53 Å². The van der Waals surface area contributed by atoms with Crippen LogP contribution in [-0.4, -0.2) is 23.8 Å². The molecule has 16 heavy (non-hydrogen) atoms. The minimum atomic E-state index is -0.534. The van der Waals surface area contributed by atoms with Gasteiger partial charge in [-0.2, -0.15) is 0 Å². The smallest absolute Gasteiger partial charge is 0.311 e. The van der Waals surface area contributed by atoms with Gasteiger partial charge in [0.05, 0.1) is 18.6 Å². The van der Waals surface area contributed by atoms with Gasteiger partial charge in [0.25, 0.3) is 0 Å². The molecule has 3 atom stereocenters. The molecule has 0 aliphatic heterocycles. The van der Waals surface area contributed by atoms with Gasteiger partial charge in [0.1, 0.15) is 0 Å². The number of aliphatic hydroxyl groups is 1. The lowest BCUT2D eigenvalue weighted by Crippen LogP contribution is -2.38. The molecule has 3 nitrogen and oxygen atoms in total. The van der Waals surface area contributed by atoms with Crippen LogP contribution in [0.15, 0.2) is 12.7 Å². The normalized spacial score (nSPS) is 29.8. The number of rotatable bonds is 5. The molecule has 0 amide bonds. The molecule has 0 aromatic heterocycles. The summed E-state index contributed by atoms with van der Waals surface area (Å²) in [5, 5.41) is 10.1. The molecule has 0 aromatic rings. The second-order valence-corrected chi connectivity index (χ2v) is 4.41. The highest BCUT2D eigenvalue weighted by Gasteiger charge is 2.36.